The number of aliphatic carboxylic acids is 1. The van der Waals surface area contributed by atoms with Crippen LogP contribution in [0.2, 0.25) is 0 Å². The highest BCUT2D eigenvalue weighted by Crippen LogP contribution is 2.30. The molecule has 0 saturated heterocycles. The largest absolute Gasteiger partial charge is 0.479 e. The van der Waals surface area contributed by atoms with Gasteiger partial charge < -0.3 is 9.84 Å². The molecule has 0 aliphatic rings. The van der Waals surface area contributed by atoms with E-state index in [2.05, 4.69) is 4.98 Å². The number of carboxylic acids is 1. The molecule has 1 aromatic heterocycles. The lowest BCUT2D eigenvalue weighted by Gasteiger charge is -2.10. The molecule has 0 amide bonds. The number of hydrogen-bond donors (Lipinski definition) is 1. The van der Waals surface area contributed by atoms with Crippen LogP contribution in [-0.2, 0) is 14.3 Å². The summed E-state index contributed by atoms with van der Waals surface area (Å²) in [6.07, 6.45) is -1.25. The van der Waals surface area contributed by atoms with Crippen LogP contribution >= 0.6 is 23.1 Å². The average molecular weight is 311 g/mol. The number of thiazole rings is 1. The van der Waals surface area contributed by atoms with Gasteiger partial charge in [0, 0.05) is 6.61 Å². The fraction of sp³-hybridized carbons (Fsp3) is 0.308. The Bertz CT molecular complexity index is 593. The van der Waals surface area contributed by atoms with E-state index in [1.165, 1.54) is 11.3 Å². The van der Waals surface area contributed by atoms with Gasteiger partial charge in [-0.25, -0.2) is 9.78 Å². The van der Waals surface area contributed by atoms with Crippen molar-refractivity contribution in [3.63, 3.8) is 0 Å². The molecule has 5 nitrogen and oxygen atoms in total. The number of carbonyl (C=O) groups excluding carboxylic acids is 1. The second-order valence-electron chi connectivity index (χ2n) is 3.91. The van der Waals surface area contributed by atoms with E-state index in [0.717, 1.165) is 22.0 Å². The number of para-hydroxylation sites is 1. The van der Waals surface area contributed by atoms with Crippen molar-refractivity contribution >= 4 is 44.4 Å². The third-order valence-electron chi connectivity index (χ3n) is 2.47. The van der Waals surface area contributed by atoms with Gasteiger partial charge in [-0.05, 0) is 30.8 Å². The molecule has 1 heterocycles. The monoisotopic (exact) mass is 311 g/mol. The lowest BCUT2D eigenvalue weighted by atomic mass is 10.3. The Morgan fingerprint density at radius 1 is 1.45 bits per heavy atom. The number of carboxylic acid groups (broad SMARTS) is 1. The molecular formula is C13H13NO4S2. The molecule has 7 heteroatoms. The summed E-state index contributed by atoms with van der Waals surface area (Å²) in [6, 6.07) is 7.60. The Morgan fingerprint density at radius 2 is 2.20 bits per heavy atom. The van der Waals surface area contributed by atoms with Crippen LogP contribution in [0.25, 0.3) is 10.2 Å². The van der Waals surface area contributed by atoms with Gasteiger partial charge in [0.05, 0.1) is 16.6 Å². The normalized spacial score (nSPS) is 12.4. The van der Waals surface area contributed by atoms with E-state index in [0.29, 0.717) is 4.34 Å². The molecule has 1 unspecified atom stereocenters. The molecule has 0 aliphatic heterocycles. The first kappa shape index (κ1) is 15.0. The van der Waals surface area contributed by atoms with E-state index in [1.807, 2.05) is 24.3 Å². The molecule has 20 heavy (non-hydrogen) atoms. The third-order valence-corrected chi connectivity index (χ3v) is 4.46. The van der Waals surface area contributed by atoms with Crippen molar-refractivity contribution in [3.8, 4) is 0 Å². The molecule has 106 valence electrons. The van der Waals surface area contributed by atoms with E-state index in [-0.39, 0.29) is 18.1 Å². The molecular weight excluding hydrogens is 298 g/mol. The van der Waals surface area contributed by atoms with E-state index >= 15 is 0 Å². The quantitative estimate of drug-likeness (QED) is 0.827. The molecule has 0 bridgehead atoms. The molecule has 2 aromatic rings. The van der Waals surface area contributed by atoms with Gasteiger partial charge in [-0.2, -0.15) is 0 Å². The minimum absolute atomic E-state index is 0.163. The molecule has 0 spiro atoms. The smallest absolute Gasteiger partial charge is 0.333 e. The topological polar surface area (TPSA) is 76.5 Å². The number of aromatic nitrogens is 1. The number of fused-ring (bicyclic) bond motifs is 1. The average Bonchev–Trinajstić information content (AvgIpc) is 2.79. The molecule has 1 atom stereocenters. The van der Waals surface area contributed by atoms with Gasteiger partial charge in [0.2, 0.25) is 0 Å². The summed E-state index contributed by atoms with van der Waals surface area (Å²) in [4.78, 5) is 27.1. The predicted molar refractivity (Wildman–Crippen MR) is 78.2 cm³/mol. The van der Waals surface area contributed by atoms with E-state index < -0.39 is 12.1 Å². The van der Waals surface area contributed by atoms with Gasteiger partial charge in [0.1, 0.15) is 0 Å². The molecule has 0 aliphatic carbocycles. The van der Waals surface area contributed by atoms with Crippen LogP contribution in [0.15, 0.2) is 28.6 Å². The maximum absolute atomic E-state index is 11.9. The fourth-order valence-electron chi connectivity index (χ4n) is 1.60. The zero-order chi connectivity index (χ0) is 14.5. The van der Waals surface area contributed by atoms with Crippen LogP contribution in [-0.4, -0.2) is 33.9 Å². The second-order valence-corrected chi connectivity index (χ2v) is 6.24. The standard InChI is InChI=1S/C13H13NO4S2/c1-2-18-9(12(16)17)7-11(15)20-13-14-8-5-3-4-6-10(8)19-13/h3-6,9H,2,7H2,1H3,(H,16,17). The summed E-state index contributed by atoms with van der Waals surface area (Å²) in [5, 5.41) is 8.67. The first-order chi connectivity index (χ1) is 9.60. The van der Waals surface area contributed by atoms with Crippen molar-refractivity contribution < 1.29 is 19.4 Å². The Kier molecular flexibility index (Phi) is 5.11. The SMILES string of the molecule is CCOC(CC(=O)Sc1nc2ccccc2s1)C(=O)O. The highest BCUT2D eigenvalue weighted by atomic mass is 32.2. The summed E-state index contributed by atoms with van der Waals surface area (Å²) in [5.41, 5.74) is 0.840. The number of thioether (sulfide) groups is 1. The summed E-state index contributed by atoms with van der Waals surface area (Å²) in [6.45, 7) is 1.96. The van der Waals surface area contributed by atoms with Crippen LogP contribution in [0.3, 0.4) is 0 Å². The molecule has 0 saturated carbocycles. The number of hydrogen-bond acceptors (Lipinski definition) is 6. The Labute approximate surface area is 124 Å². The van der Waals surface area contributed by atoms with Crippen LogP contribution in [0.5, 0.6) is 0 Å². The van der Waals surface area contributed by atoms with Crippen LogP contribution in [0.4, 0.5) is 0 Å². The first-order valence-corrected chi connectivity index (χ1v) is 7.64. The number of rotatable bonds is 6. The van der Waals surface area contributed by atoms with Crippen molar-refractivity contribution in [2.45, 2.75) is 23.8 Å². The second kappa shape index (κ2) is 6.83. The lowest BCUT2D eigenvalue weighted by Crippen LogP contribution is -2.26. The zero-order valence-corrected chi connectivity index (χ0v) is 12.4. The fourth-order valence-corrected chi connectivity index (χ4v) is 3.59. The van der Waals surface area contributed by atoms with Gasteiger partial charge in [-0.3, -0.25) is 4.79 Å². The third kappa shape index (κ3) is 3.78. The van der Waals surface area contributed by atoms with E-state index in [1.54, 1.807) is 6.92 Å². The van der Waals surface area contributed by atoms with E-state index in [4.69, 9.17) is 9.84 Å². The molecule has 2 rings (SSSR count). The number of ether oxygens (including phenoxy) is 1. The number of benzene rings is 1. The van der Waals surface area contributed by atoms with Crippen molar-refractivity contribution in [1.82, 2.24) is 4.98 Å². The molecule has 0 fully saturated rings. The highest BCUT2D eigenvalue weighted by molar-refractivity contribution is 8.15. The Balaban J connectivity index is 2.01. The van der Waals surface area contributed by atoms with Crippen molar-refractivity contribution in [1.29, 1.82) is 0 Å². The Morgan fingerprint density at radius 3 is 2.85 bits per heavy atom. The van der Waals surface area contributed by atoms with Crippen molar-refractivity contribution in [2.24, 2.45) is 0 Å². The minimum Gasteiger partial charge on any atom is -0.479 e. The van der Waals surface area contributed by atoms with Gasteiger partial charge in [0.15, 0.2) is 15.6 Å². The van der Waals surface area contributed by atoms with Gasteiger partial charge in [-0.15, -0.1) is 11.3 Å². The maximum atomic E-state index is 11.9. The van der Waals surface area contributed by atoms with Crippen LogP contribution in [0.1, 0.15) is 13.3 Å². The van der Waals surface area contributed by atoms with Crippen molar-refractivity contribution in [2.75, 3.05) is 6.61 Å². The van der Waals surface area contributed by atoms with Gasteiger partial charge >= 0.3 is 5.97 Å². The van der Waals surface area contributed by atoms with E-state index in [9.17, 15) is 9.59 Å². The predicted octanol–water partition coefficient (Wildman–Crippen LogP) is 2.79. The number of nitrogens with zero attached hydrogens (tertiary/aromatic N) is 1. The summed E-state index contributed by atoms with van der Waals surface area (Å²) < 4.78 is 6.64. The summed E-state index contributed by atoms with van der Waals surface area (Å²) in [5.74, 6) is -1.12. The lowest BCUT2D eigenvalue weighted by molar-refractivity contribution is -0.151. The Hall–Kier alpha value is -1.44. The first-order valence-electron chi connectivity index (χ1n) is 6.00. The number of carbonyl (C=O) groups is 2. The minimum atomic E-state index is -1.12. The zero-order valence-electron chi connectivity index (χ0n) is 10.7. The molecule has 1 N–H and O–H groups in total. The summed E-state index contributed by atoms with van der Waals surface area (Å²) >= 11 is 2.38. The van der Waals surface area contributed by atoms with Gasteiger partial charge in [0.25, 0.3) is 0 Å². The van der Waals surface area contributed by atoms with Crippen LogP contribution < -0.4 is 0 Å². The highest BCUT2D eigenvalue weighted by Gasteiger charge is 2.22. The maximum Gasteiger partial charge on any atom is 0.333 e. The van der Waals surface area contributed by atoms with Crippen LogP contribution in [0, 0.1) is 0 Å². The van der Waals surface area contributed by atoms with Gasteiger partial charge in [-0.1, -0.05) is 12.1 Å². The van der Waals surface area contributed by atoms with Crippen molar-refractivity contribution in [3.05, 3.63) is 24.3 Å². The molecule has 0 radical (unpaired) electrons. The molecule has 1 aromatic carbocycles. The summed E-state index contributed by atoms with van der Waals surface area (Å²) in [7, 11) is 0.